The number of halogens is 2. The lowest BCUT2D eigenvalue weighted by Gasteiger charge is -2.22. The van der Waals surface area contributed by atoms with Crippen LogP contribution in [0.5, 0.6) is 5.75 Å². The van der Waals surface area contributed by atoms with Crippen molar-refractivity contribution in [3.05, 3.63) is 58.8 Å². The Balaban J connectivity index is 1.87. The predicted octanol–water partition coefficient (Wildman–Crippen LogP) is 2.55. The highest BCUT2D eigenvalue weighted by molar-refractivity contribution is 9.10. The molecule has 0 aromatic heterocycles. The van der Waals surface area contributed by atoms with Crippen LogP contribution in [0.1, 0.15) is 0 Å². The summed E-state index contributed by atoms with van der Waals surface area (Å²) in [6.07, 6.45) is 1.04. The molecular formula is C17H18BrFN2O4S. The number of hydrogen-bond acceptors (Lipinski definition) is 4. The number of carbonyl (C=O) groups excluding carboxylic acids is 1. The molecule has 0 spiro atoms. The number of rotatable bonds is 8. The van der Waals surface area contributed by atoms with Crippen molar-refractivity contribution in [1.82, 2.24) is 5.32 Å². The van der Waals surface area contributed by atoms with E-state index in [4.69, 9.17) is 4.74 Å². The Kier molecular flexibility index (Phi) is 6.98. The third-order valence-corrected chi connectivity index (χ3v) is 4.98. The molecule has 0 radical (unpaired) electrons. The Morgan fingerprint density at radius 2 is 1.77 bits per heavy atom. The molecule has 0 atom stereocenters. The third-order valence-electron chi connectivity index (χ3n) is 3.31. The monoisotopic (exact) mass is 444 g/mol. The van der Waals surface area contributed by atoms with Crippen LogP contribution in [0.2, 0.25) is 0 Å². The van der Waals surface area contributed by atoms with Crippen LogP contribution in [0, 0.1) is 5.82 Å². The molecule has 0 saturated carbocycles. The van der Waals surface area contributed by atoms with Crippen molar-refractivity contribution in [2.45, 2.75) is 0 Å². The quantitative estimate of drug-likeness (QED) is 0.634. The van der Waals surface area contributed by atoms with E-state index in [1.54, 1.807) is 24.3 Å². The van der Waals surface area contributed by atoms with Crippen LogP contribution in [0.15, 0.2) is 53.0 Å². The van der Waals surface area contributed by atoms with Crippen LogP contribution in [-0.4, -0.2) is 40.3 Å². The second-order valence-corrected chi connectivity index (χ2v) is 8.22. The van der Waals surface area contributed by atoms with Crippen LogP contribution < -0.4 is 14.4 Å². The van der Waals surface area contributed by atoms with Gasteiger partial charge in [-0.1, -0.05) is 15.9 Å². The number of ether oxygens (including phenoxy) is 1. The summed E-state index contributed by atoms with van der Waals surface area (Å²) in [5.41, 5.74) is 0.397. The van der Waals surface area contributed by atoms with Gasteiger partial charge in [0.15, 0.2) is 0 Å². The first-order valence-electron chi connectivity index (χ1n) is 7.64. The molecule has 0 aliphatic carbocycles. The number of sulfonamides is 1. The van der Waals surface area contributed by atoms with Gasteiger partial charge in [-0.15, -0.1) is 0 Å². The normalized spacial score (nSPS) is 11.0. The van der Waals surface area contributed by atoms with E-state index < -0.39 is 15.9 Å². The number of carbonyl (C=O) groups is 1. The Morgan fingerprint density at radius 3 is 2.35 bits per heavy atom. The van der Waals surface area contributed by atoms with Gasteiger partial charge in [0.1, 0.15) is 24.7 Å². The van der Waals surface area contributed by atoms with Crippen molar-refractivity contribution in [2.24, 2.45) is 0 Å². The first kappa shape index (κ1) is 20.2. The summed E-state index contributed by atoms with van der Waals surface area (Å²) in [7, 11) is -3.61. The fourth-order valence-corrected chi connectivity index (χ4v) is 3.20. The summed E-state index contributed by atoms with van der Waals surface area (Å²) in [6.45, 7) is 0.0275. The van der Waals surface area contributed by atoms with Gasteiger partial charge in [-0.25, -0.2) is 12.8 Å². The molecule has 2 aromatic rings. The Hall–Kier alpha value is -2.13. The van der Waals surface area contributed by atoms with Crippen molar-refractivity contribution in [2.75, 3.05) is 30.3 Å². The van der Waals surface area contributed by atoms with Gasteiger partial charge in [-0.2, -0.15) is 0 Å². The van der Waals surface area contributed by atoms with Gasteiger partial charge < -0.3 is 10.1 Å². The molecule has 2 rings (SSSR count). The predicted molar refractivity (Wildman–Crippen MR) is 101 cm³/mol. The molecule has 0 heterocycles. The van der Waals surface area contributed by atoms with Gasteiger partial charge in [-0.3, -0.25) is 9.10 Å². The lowest BCUT2D eigenvalue weighted by Crippen LogP contribution is -2.41. The Morgan fingerprint density at radius 1 is 1.15 bits per heavy atom. The smallest absolute Gasteiger partial charge is 0.240 e. The zero-order valence-electron chi connectivity index (χ0n) is 14.0. The molecule has 0 fully saturated rings. The number of nitrogens with zero attached hydrogens (tertiary/aromatic N) is 1. The topological polar surface area (TPSA) is 75.7 Å². The minimum Gasteiger partial charge on any atom is -0.492 e. The third kappa shape index (κ3) is 6.30. The average molecular weight is 445 g/mol. The maximum atomic E-state index is 12.8. The fraction of sp³-hybridized carbons (Fsp3) is 0.235. The van der Waals surface area contributed by atoms with Crippen molar-refractivity contribution in [1.29, 1.82) is 0 Å². The molecule has 6 nitrogen and oxygen atoms in total. The molecule has 1 amide bonds. The van der Waals surface area contributed by atoms with Crippen LogP contribution in [-0.2, 0) is 14.8 Å². The number of hydrogen-bond donors (Lipinski definition) is 1. The molecule has 140 valence electrons. The lowest BCUT2D eigenvalue weighted by atomic mass is 10.3. The highest BCUT2D eigenvalue weighted by atomic mass is 79.9. The lowest BCUT2D eigenvalue weighted by molar-refractivity contribution is -0.119. The molecule has 0 saturated heterocycles. The van der Waals surface area contributed by atoms with Crippen LogP contribution in [0.4, 0.5) is 10.1 Å². The van der Waals surface area contributed by atoms with E-state index in [9.17, 15) is 17.6 Å². The molecule has 0 unspecified atom stereocenters. The largest absolute Gasteiger partial charge is 0.492 e. The first-order chi connectivity index (χ1) is 12.3. The van der Waals surface area contributed by atoms with E-state index in [1.807, 2.05) is 0 Å². The van der Waals surface area contributed by atoms with E-state index in [0.29, 0.717) is 11.4 Å². The number of nitrogens with one attached hydrogen (secondary N) is 1. The number of benzene rings is 2. The van der Waals surface area contributed by atoms with E-state index >= 15 is 0 Å². The Labute approximate surface area is 160 Å². The summed E-state index contributed by atoms with van der Waals surface area (Å²) in [5, 5.41) is 2.59. The summed E-state index contributed by atoms with van der Waals surface area (Å²) in [6, 6.07) is 12.1. The van der Waals surface area contributed by atoms with Crippen LogP contribution in [0.3, 0.4) is 0 Å². The fourth-order valence-electron chi connectivity index (χ4n) is 2.08. The van der Waals surface area contributed by atoms with Crippen LogP contribution >= 0.6 is 15.9 Å². The summed E-state index contributed by atoms with van der Waals surface area (Å²) >= 11 is 3.28. The second kappa shape index (κ2) is 9.00. The molecule has 1 N–H and O–H groups in total. The summed E-state index contributed by atoms with van der Waals surface area (Å²) in [4.78, 5) is 12.1. The summed E-state index contributed by atoms with van der Waals surface area (Å²) < 4.78 is 43.9. The van der Waals surface area contributed by atoms with Gasteiger partial charge in [0, 0.05) is 4.47 Å². The molecular weight excluding hydrogens is 427 g/mol. The van der Waals surface area contributed by atoms with Gasteiger partial charge in [0.05, 0.1) is 18.5 Å². The molecule has 2 aromatic carbocycles. The molecule has 0 bridgehead atoms. The molecule has 9 heteroatoms. The maximum Gasteiger partial charge on any atom is 0.240 e. The van der Waals surface area contributed by atoms with Crippen molar-refractivity contribution >= 4 is 37.5 Å². The number of anilines is 1. The highest BCUT2D eigenvalue weighted by Crippen LogP contribution is 2.20. The zero-order valence-corrected chi connectivity index (χ0v) is 16.4. The van der Waals surface area contributed by atoms with E-state index in [-0.39, 0.29) is 25.5 Å². The van der Waals surface area contributed by atoms with Crippen molar-refractivity contribution < 1.29 is 22.3 Å². The van der Waals surface area contributed by atoms with Crippen molar-refractivity contribution in [3.63, 3.8) is 0 Å². The van der Waals surface area contributed by atoms with E-state index in [0.717, 1.165) is 15.0 Å². The minimum atomic E-state index is -3.61. The number of amides is 1. The van der Waals surface area contributed by atoms with Gasteiger partial charge in [0.2, 0.25) is 15.9 Å². The van der Waals surface area contributed by atoms with E-state index in [1.165, 1.54) is 24.3 Å². The maximum absolute atomic E-state index is 12.8. The summed E-state index contributed by atoms with van der Waals surface area (Å²) in [5.74, 6) is -0.339. The van der Waals surface area contributed by atoms with Crippen LogP contribution in [0.25, 0.3) is 0 Å². The first-order valence-corrected chi connectivity index (χ1v) is 10.3. The van der Waals surface area contributed by atoms with Gasteiger partial charge in [-0.05, 0) is 48.5 Å². The minimum absolute atomic E-state index is 0.175. The molecule has 0 aliphatic rings. The van der Waals surface area contributed by atoms with Gasteiger partial charge >= 0.3 is 0 Å². The van der Waals surface area contributed by atoms with Crippen molar-refractivity contribution in [3.8, 4) is 5.75 Å². The van der Waals surface area contributed by atoms with Gasteiger partial charge in [0.25, 0.3) is 0 Å². The average Bonchev–Trinajstić information content (AvgIpc) is 2.58. The zero-order chi connectivity index (χ0) is 19.2. The second-order valence-electron chi connectivity index (χ2n) is 5.40. The molecule has 0 aliphatic heterocycles. The molecule has 26 heavy (non-hydrogen) atoms. The SMILES string of the molecule is CS(=O)(=O)N(CC(=O)NCCOc1ccc(F)cc1)c1ccc(Br)cc1. The highest BCUT2D eigenvalue weighted by Gasteiger charge is 2.20. The van der Waals surface area contributed by atoms with E-state index in [2.05, 4.69) is 21.2 Å². The Bertz CT molecular complexity index is 842. The standard InChI is InChI=1S/C17H18BrFN2O4S/c1-26(23,24)21(15-6-2-13(18)3-7-15)12-17(22)20-10-11-25-16-8-4-14(19)5-9-16/h2-9H,10-12H2,1H3,(H,20,22).